The van der Waals surface area contributed by atoms with Crippen molar-refractivity contribution in [2.45, 2.75) is 107 Å². The van der Waals surface area contributed by atoms with Gasteiger partial charge in [-0.15, -0.1) is 0 Å². The average Bonchev–Trinajstić information content (AvgIpc) is 2.92. The van der Waals surface area contributed by atoms with Gasteiger partial charge in [0.2, 0.25) is 15.8 Å². The molecule has 228 valence electrons. The molecular formula is C32H48N2O6S. The second kappa shape index (κ2) is 15.5. The molecule has 8 nitrogen and oxygen atoms in total. The maximum atomic E-state index is 12.5. The zero-order valence-corrected chi connectivity index (χ0v) is 25.5. The highest BCUT2D eigenvalue weighted by molar-refractivity contribution is 7.89. The molecule has 0 amide bonds. The van der Waals surface area contributed by atoms with E-state index in [1.165, 1.54) is 0 Å². The Morgan fingerprint density at radius 1 is 1.02 bits per heavy atom. The van der Waals surface area contributed by atoms with E-state index in [2.05, 4.69) is 10.0 Å². The van der Waals surface area contributed by atoms with Crippen molar-refractivity contribution in [3.05, 3.63) is 59.2 Å². The summed E-state index contributed by atoms with van der Waals surface area (Å²) in [6.45, 7) is 7.19. The topological polar surface area (TPSA) is 106 Å². The summed E-state index contributed by atoms with van der Waals surface area (Å²) in [4.78, 5) is 0.370. The van der Waals surface area contributed by atoms with Gasteiger partial charge in [0.1, 0.15) is 5.75 Å². The fourth-order valence-electron chi connectivity index (χ4n) is 5.05. The molecule has 1 atom stereocenters. The lowest BCUT2D eigenvalue weighted by Gasteiger charge is -2.33. The van der Waals surface area contributed by atoms with Crippen molar-refractivity contribution in [2.75, 3.05) is 26.3 Å². The third-order valence-electron chi connectivity index (χ3n) is 7.77. The van der Waals surface area contributed by atoms with Crippen molar-refractivity contribution in [3.8, 4) is 5.75 Å². The summed E-state index contributed by atoms with van der Waals surface area (Å²) in [5.41, 5.74) is 2.90. The zero-order valence-electron chi connectivity index (χ0n) is 24.7. The number of rotatable bonds is 18. The molecule has 2 aromatic rings. The number of benzene rings is 2. The van der Waals surface area contributed by atoms with Crippen molar-refractivity contribution in [2.24, 2.45) is 0 Å². The van der Waals surface area contributed by atoms with Gasteiger partial charge in [0.15, 0.2) is 0 Å². The summed E-state index contributed by atoms with van der Waals surface area (Å²) < 4.78 is 45.2. The van der Waals surface area contributed by atoms with Gasteiger partial charge >= 0.3 is 0 Å². The summed E-state index contributed by atoms with van der Waals surface area (Å²) in [6.07, 6.45) is 9.57. The first-order chi connectivity index (χ1) is 19.7. The summed E-state index contributed by atoms with van der Waals surface area (Å²) in [5.74, 6) is 0.207. The first-order valence-electron chi connectivity index (χ1n) is 15.3. The molecule has 1 fully saturated rings. The van der Waals surface area contributed by atoms with E-state index in [1.54, 1.807) is 12.1 Å². The number of ether oxygens (including phenoxy) is 3. The first kappa shape index (κ1) is 31.9. The van der Waals surface area contributed by atoms with Gasteiger partial charge in [-0.3, -0.25) is 0 Å². The molecule has 3 N–H and O–H groups in total. The molecule has 4 rings (SSSR count). The summed E-state index contributed by atoms with van der Waals surface area (Å²) in [6, 6.07) is 13.2. The minimum atomic E-state index is -3.42. The van der Waals surface area contributed by atoms with Gasteiger partial charge in [0.05, 0.1) is 17.6 Å². The van der Waals surface area contributed by atoms with Gasteiger partial charge in [-0.25, -0.2) is 13.1 Å². The molecule has 0 aromatic heterocycles. The minimum Gasteiger partial charge on any atom is -0.463 e. The van der Waals surface area contributed by atoms with E-state index in [1.807, 2.05) is 44.2 Å². The third-order valence-corrected chi connectivity index (χ3v) is 9.29. The van der Waals surface area contributed by atoms with E-state index in [0.29, 0.717) is 18.0 Å². The molecule has 0 bridgehead atoms. The average molecular weight is 589 g/mol. The number of fused-ring (bicyclic) bond motifs is 1. The summed E-state index contributed by atoms with van der Waals surface area (Å²) in [7, 11) is -3.42. The number of hydrogen-bond acceptors (Lipinski definition) is 7. The predicted octanol–water partition coefficient (Wildman–Crippen LogP) is 5.39. The molecule has 0 spiro atoms. The van der Waals surface area contributed by atoms with E-state index in [-0.39, 0.29) is 6.04 Å². The van der Waals surface area contributed by atoms with Crippen LogP contribution in [0.2, 0.25) is 0 Å². The smallest absolute Gasteiger partial charge is 0.240 e. The number of sulfonamides is 1. The molecule has 1 aliphatic carbocycles. The van der Waals surface area contributed by atoms with Gasteiger partial charge in [-0.1, -0.05) is 37.5 Å². The molecule has 0 radical (unpaired) electrons. The molecule has 1 aliphatic heterocycles. The van der Waals surface area contributed by atoms with Gasteiger partial charge in [0, 0.05) is 45.2 Å². The molecule has 9 heteroatoms. The lowest BCUT2D eigenvalue weighted by atomic mass is 9.94. The minimum absolute atomic E-state index is 0.100. The second-order valence-electron chi connectivity index (χ2n) is 11.8. The number of aryl methyl sites for hydroxylation is 1. The fourth-order valence-corrected chi connectivity index (χ4v) is 6.42. The van der Waals surface area contributed by atoms with Crippen LogP contribution in [-0.4, -0.2) is 51.7 Å². The first-order valence-corrected chi connectivity index (χ1v) is 16.7. The van der Waals surface area contributed by atoms with Crippen LogP contribution in [0.3, 0.4) is 0 Å². The van der Waals surface area contributed by atoms with Gasteiger partial charge < -0.3 is 24.6 Å². The van der Waals surface area contributed by atoms with Crippen molar-refractivity contribution in [3.63, 3.8) is 0 Å². The number of nitrogens with one attached hydrogen (secondary N) is 2. The zero-order chi connectivity index (χ0) is 29.1. The Labute approximate surface area is 246 Å². The normalized spacial score (nSPS) is 17.4. The van der Waals surface area contributed by atoms with Gasteiger partial charge in [-0.05, 0) is 86.9 Å². The Hall–Kier alpha value is -2.01. The lowest BCUT2D eigenvalue weighted by molar-refractivity contribution is -0.180. The largest absolute Gasteiger partial charge is 0.463 e. The molecular weight excluding hydrogens is 540 g/mol. The summed E-state index contributed by atoms with van der Waals surface area (Å²) in [5, 5.41) is 13.9. The number of aliphatic hydroxyl groups is 1. The molecule has 2 aliphatic rings. The second-order valence-corrected chi connectivity index (χ2v) is 13.5. The van der Waals surface area contributed by atoms with Crippen LogP contribution in [0.25, 0.3) is 0 Å². The van der Waals surface area contributed by atoms with Crippen LogP contribution in [0.1, 0.15) is 94.4 Å². The third kappa shape index (κ3) is 10.3. The standard InChI is InChI=1S/C32H48N2O6S/c1-32(2)39-24-27-22-26(16-17-31(27)40-32)30(35)23-33-18-6-3-4-7-19-38-20-8-5-11-25-12-9-15-29(21-25)41(36,37)34-28-13-10-14-28/h9,12,15-17,21-22,28,30,33-35H,3-8,10-11,13-14,18-20,23-24H2,1-2H3/t30-/m0/s1. The molecule has 0 unspecified atom stereocenters. The van der Waals surface area contributed by atoms with Crippen molar-refractivity contribution < 1.29 is 27.7 Å². The quantitative estimate of drug-likeness (QED) is 0.201. The van der Waals surface area contributed by atoms with Crippen molar-refractivity contribution in [1.82, 2.24) is 10.0 Å². The Morgan fingerprint density at radius 2 is 1.80 bits per heavy atom. The van der Waals surface area contributed by atoms with Crippen LogP contribution >= 0.6 is 0 Å². The van der Waals surface area contributed by atoms with E-state index in [4.69, 9.17) is 14.2 Å². The Bertz CT molecular complexity index is 1200. The highest BCUT2D eigenvalue weighted by Gasteiger charge is 2.28. The van der Waals surface area contributed by atoms with E-state index in [0.717, 1.165) is 106 Å². The predicted molar refractivity (Wildman–Crippen MR) is 160 cm³/mol. The number of hydrogen-bond donors (Lipinski definition) is 3. The van der Waals surface area contributed by atoms with Crippen LogP contribution in [-0.2, 0) is 32.5 Å². The van der Waals surface area contributed by atoms with Gasteiger partial charge in [-0.2, -0.15) is 0 Å². The molecule has 0 saturated heterocycles. The number of unbranched alkanes of at least 4 members (excludes halogenated alkanes) is 4. The van der Waals surface area contributed by atoms with Crippen LogP contribution in [0.5, 0.6) is 5.75 Å². The van der Waals surface area contributed by atoms with Crippen LogP contribution in [0.15, 0.2) is 47.4 Å². The van der Waals surface area contributed by atoms with Crippen LogP contribution < -0.4 is 14.8 Å². The maximum Gasteiger partial charge on any atom is 0.240 e. The van der Waals surface area contributed by atoms with E-state index >= 15 is 0 Å². The van der Waals surface area contributed by atoms with Gasteiger partial charge in [0.25, 0.3) is 0 Å². The highest BCUT2D eigenvalue weighted by Crippen LogP contribution is 2.32. The summed E-state index contributed by atoms with van der Waals surface area (Å²) >= 11 is 0. The maximum absolute atomic E-state index is 12.5. The van der Waals surface area contributed by atoms with Crippen LogP contribution in [0.4, 0.5) is 0 Å². The Balaban J connectivity index is 0.979. The fraction of sp³-hybridized carbons (Fsp3) is 0.625. The highest BCUT2D eigenvalue weighted by atomic mass is 32.2. The Kier molecular flexibility index (Phi) is 12.0. The van der Waals surface area contributed by atoms with E-state index < -0.39 is 21.9 Å². The van der Waals surface area contributed by atoms with Crippen molar-refractivity contribution in [1.29, 1.82) is 0 Å². The van der Waals surface area contributed by atoms with E-state index in [9.17, 15) is 13.5 Å². The lowest BCUT2D eigenvalue weighted by Crippen LogP contribution is -2.39. The van der Waals surface area contributed by atoms with Crippen molar-refractivity contribution >= 4 is 10.0 Å². The molecule has 41 heavy (non-hydrogen) atoms. The Morgan fingerprint density at radius 3 is 2.59 bits per heavy atom. The molecule has 1 saturated carbocycles. The number of aliphatic hydroxyl groups excluding tert-OH is 1. The molecule has 1 heterocycles. The molecule has 2 aromatic carbocycles. The van der Waals surface area contributed by atoms with Crippen LogP contribution in [0, 0.1) is 0 Å². The SMILES string of the molecule is CC1(C)OCc2cc([C@@H](O)CNCCCCCCOCCCCc3cccc(S(=O)(=O)NC4CCC4)c3)ccc2O1. The monoisotopic (exact) mass is 588 g/mol.